The minimum Gasteiger partial charge on any atom is -0.508 e. The van der Waals surface area contributed by atoms with Gasteiger partial charge in [0.05, 0.1) is 0 Å². The fourth-order valence-electron chi connectivity index (χ4n) is 2.27. The molecule has 1 saturated carbocycles. The monoisotopic (exact) mass is 239 g/mol. The van der Waals surface area contributed by atoms with Crippen molar-refractivity contribution in [3.8, 4) is 16.9 Å². The summed E-state index contributed by atoms with van der Waals surface area (Å²) in [7, 11) is 0. The summed E-state index contributed by atoms with van der Waals surface area (Å²) in [5.41, 5.74) is 3.52. The van der Waals surface area contributed by atoms with E-state index >= 15 is 0 Å². The van der Waals surface area contributed by atoms with Crippen molar-refractivity contribution in [1.29, 1.82) is 0 Å². The molecule has 2 nitrogen and oxygen atoms in total. The molecule has 0 amide bonds. The van der Waals surface area contributed by atoms with Gasteiger partial charge in [-0.25, -0.2) is 0 Å². The number of anilines is 1. The first-order valence-electron chi connectivity index (χ1n) is 6.48. The van der Waals surface area contributed by atoms with E-state index in [1.54, 1.807) is 12.1 Å². The third-order valence-corrected chi connectivity index (χ3v) is 3.57. The van der Waals surface area contributed by atoms with Crippen LogP contribution in [0.15, 0.2) is 48.5 Å². The Bertz CT molecular complexity index is 529. The second-order valence-electron chi connectivity index (χ2n) is 4.86. The van der Waals surface area contributed by atoms with Crippen molar-refractivity contribution in [3.05, 3.63) is 48.5 Å². The molecule has 18 heavy (non-hydrogen) atoms. The van der Waals surface area contributed by atoms with E-state index in [9.17, 15) is 5.11 Å². The zero-order chi connectivity index (χ0) is 12.4. The third kappa shape index (κ3) is 2.19. The summed E-state index contributed by atoms with van der Waals surface area (Å²) in [5, 5.41) is 12.9. The lowest BCUT2D eigenvalue weighted by atomic mass is 9.92. The van der Waals surface area contributed by atoms with Gasteiger partial charge in [0.1, 0.15) is 5.75 Å². The average molecular weight is 239 g/mol. The molecule has 1 aliphatic carbocycles. The van der Waals surface area contributed by atoms with Gasteiger partial charge < -0.3 is 10.4 Å². The topological polar surface area (TPSA) is 32.3 Å². The normalized spacial score (nSPS) is 15.1. The average Bonchev–Trinajstić information content (AvgIpc) is 2.35. The predicted octanol–water partition coefficient (Wildman–Crippen LogP) is 4.02. The molecule has 0 radical (unpaired) electrons. The predicted molar refractivity (Wildman–Crippen MR) is 74.8 cm³/mol. The lowest BCUT2D eigenvalue weighted by molar-refractivity contribution is 0.445. The molecule has 1 aliphatic rings. The van der Waals surface area contributed by atoms with Crippen LogP contribution in [0.3, 0.4) is 0 Å². The molecule has 2 N–H and O–H groups in total. The van der Waals surface area contributed by atoms with Crippen LogP contribution in [0.25, 0.3) is 11.1 Å². The molecular formula is C16H17NO. The van der Waals surface area contributed by atoms with Gasteiger partial charge in [-0.1, -0.05) is 30.3 Å². The Morgan fingerprint density at radius 3 is 2.33 bits per heavy atom. The number of phenols is 1. The Kier molecular flexibility index (Phi) is 2.93. The first kappa shape index (κ1) is 11.1. The van der Waals surface area contributed by atoms with Gasteiger partial charge >= 0.3 is 0 Å². The first-order chi connectivity index (χ1) is 8.83. The van der Waals surface area contributed by atoms with Crippen LogP contribution >= 0.6 is 0 Å². The summed E-state index contributed by atoms with van der Waals surface area (Å²) in [5.74, 6) is 0.309. The highest BCUT2D eigenvalue weighted by Gasteiger charge is 2.18. The summed E-state index contributed by atoms with van der Waals surface area (Å²) < 4.78 is 0. The molecule has 3 rings (SSSR count). The summed E-state index contributed by atoms with van der Waals surface area (Å²) >= 11 is 0. The van der Waals surface area contributed by atoms with Crippen LogP contribution in [-0.2, 0) is 0 Å². The van der Waals surface area contributed by atoms with Crippen molar-refractivity contribution >= 4 is 5.69 Å². The van der Waals surface area contributed by atoms with Gasteiger partial charge in [-0.2, -0.15) is 0 Å². The molecule has 2 aromatic rings. The van der Waals surface area contributed by atoms with Gasteiger partial charge in [-0.05, 0) is 43.0 Å². The quantitative estimate of drug-likeness (QED) is 0.847. The minimum atomic E-state index is 0.309. The Labute approximate surface area is 107 Å². The third-order valence-electron chi connectivity index (χ3n) is 3.57. The summed E-state index contributed by atoms with van der Waals surface area (Å²) in [4.78, 5) is 0. The highest BCUT2D eigenvalue weighted by molar-refractivity contribution is 5.78. The van der Waals surface area contributed by atoms with E-state index in [-0.39, 0.29) is 0 Å². The lowest BCUT2D eigenvalue weighted by Gasteiger charge is -2.28. The number of aromatic hydroxyl groups is 1. The maximum absolute atomic E-state index is 9.35. The fourth-order valence-corrected chi connectivity index (χ4v) is 2.27. The van der Waals surface area contributed by atoms with Gasteiger partial charge in [-0.3, -0.25) is 0 Å². The number of rotatable bonds is 3. The van der Waals surface area contributed by atoms with E-state index in [0.717, 1.165) is 5.56 Å². The number of phenolic OH excluding ortho intramolecular Hbond substituents is 1. The summed E-state index contributed by atoms with van der Waals surface area (Å²) in [6, 6.07) is 16.4. The van der Waals surface area contributed by atoms with Crippen LogP contribution in [-0.4, -0.2) is 11.1 Å². The lowest BCUT2D eigenvalue weighted by Crippen LogP contribution is -2.27. The largest absolute Gasteiger partial charge is 0.508 e. The Morgan fingerprint density at radius 1 is 0.944 bits per heavy atom. The summed E-state index contributed by atoms with van der Waals surface area (Å²) in [6.07, 6.45) is 3.87. The molecule has 0 bridgehead atoms. The standard InChI is InChI=1S/C16H17NO/c18-14-10-8-12(9-11-14)15-6-1-2-7-16(15)17-13-4-3-5-13/h1-2,6-11,13,17-18H,3-5H2. The molecule has 0 aliphatic heterocycles. The SMILES string of the molecule is Oc1ccc(-c2ccccc2NC2CCC2)cc1. The van der Waals surface area contributed by atoms with E-state index in [4.69, 9.17) is 0 Å². The van der Waals surface area contributed by atoms with Gasteiger partial charge in [0.25, 0.3) is 0 Å². The Balaban J connectivity index is 1.92. The number of nitrogens with one attached hydrogen (secondary N) is 1. The Hall–Kier alpha value is -1.96. The van der Waals surface area contributed by atoms with Crippen LogP contribution in [0, 0.1) is 0 Å². The molecular weight excluding hydrogens is 222 g/mol. The highest BCUT2D eigenvalue weighted by Crippen LogP contribution is 2.32. The van der Waals surface area contributed by atoms with Crippen molar-refractivity contribution in [2.75, 3.05) is 5.32 Å². The zero-order valence-corrected chi connectivity index (χ0v) is 10.3. The summed E-state index contributed by atoms with van der Waals surface area (Å²) in [6.45, 7) is 0. The second kappa shape index (κ2) is 4.73. The highest BCUT2D eigenvalue weighted by atomic mass is 16.3. The number of hydrogen-bond acceptors (Lipinski definition) is 2. The van der Waals surface area contributed by atoms with Gasteiger partial charge in [-0.15, -0.1) is 0 Å². The number of para-hydroxylation sites is 1. The molecule has 0 saturated heterocycles. The van der Waals surface area contributed by atoms with Crippen molar-refractivity contribution in [2.45, 2.75) is 25.3 Å². The van der Waals surface area contributed by atoms with Crippen molar-refractivity contribution in [1.82, 2.24) is 0 Å². The molecule has 1 fully saturated rings. The molecule has 0 heterocycles. The fraction of sp³-hybridized carbons (Fsp3) is 0.250. The van der Waals surface area contributed by atoms with Crippen molar-refractivity contribution in [2.24, 2.45) is 0 Å². The van der Waals surface area contributed by atoms with Gasteiger partial charge in [0, 0.05) is 17.3 Å². The van der Waals surface area contributed by atoms with Crippen LogP contribution in [0.5, 0.6) is 5.75 Å². The van der Waals surface area contributed by atoms with E-state index in [1.165, 1.54) is 30.5 Å². The number of hydrogen-bond donors (Lipinski definition) is 2. The number of benzene rings is 2. The molecule has 92 valence electrons. The van der Waals surface area contributed by atoms with Crippen molar-refractivity contribution < 1.29 is 5.11 Å². The Morgan fingerprint density at radius 2 is 1.67 bits per heavy atom. The molecule has 0 unspecified atom stereocenters. The van der Waals surface area contributed by atoms with Crippen LogP contribution < -0.4 is 5.32 Å². The van der Waals surface area contributed by atoms with Gasteiger partial charge in [0.15, 0.2) is 0 Å². The smallest absolute Gasteiger partial charge is 0.115 e. The maximum atomic E-state index is 9.35. The molecule has 0 aromatic heterocycles. The van der Waals surface area contributed by atoms with E-state index < -0.39 is 0 Å². The first-order valence-corrected chi connectivity index (χ1v) is 6.48. The minimum absolute atomic E-state index is 0.309. The zero-order valence-electron chi connectivity index (χ0n) is 10.3. The van der Waals surface area contributed by atoms with E-state index in [1.807, 2.05) is 18.2 Å². The van der Waals surface area contributed by atoms with Gasteiger partial charge in [0.2, 0.25) is 0 Å². The van der Waals surface area contributed by atoms with Crippen LogP contribution in [0.4, 0.5) is 5.69 Å². The molecule has 2 heteroatoms. The van der Waals surface area contributed by atoms with E-state index in [2.05, 4.69) is 23.5 Å². The maximum Gasteiger partial charge on any atom is 0.115 e. The second-order valence-corrected chi connectivity index (χ2v) is 4.86. The van der Waals surface area contributed by atoms with E-state index in [0.29, 0.717) is 11.8 Å². The van der Waals surface area contributed by atoms with Crippen LogP contribution in [0.1, 0.15) is 19.3 Å². The molecule has 2 aromatic carbocycles. The molecule has 0 spiro atoms. The van der Waals surface area contributed by atoms with Crippen molar-refractivity contribution in [3.63, 3.8) is 0 Å². The molecule has 0 atom stereocenters. The van der Waals surface area contributed by atoms with Crippen LogP contribution in [0.2, 0.25) is 0 Å².